The Morgan fingerprint density at radius 1 is 1.47 bits per heavy atom. The summed E-state index contributed by atoms with van der Waals surface area (Å²) >= 11 is 0. The third-order valence-corrected chi connectivity index (χ3v) is 3.28. The summed E-state index contributed by atoms with van der Waals surface area (Å²) in [6.45, 7) is 1.45. The fourth-order valence-corrected chi connectivity index (χ4v) is 2.21. The molecule has 1 amide bonds. The van der Waals surface area contributed by atoms with E-state index in [-0.39, 0.29) is 12.0 Å². The van der Waals surface area contributed by atoms with Crippen molar-refractivity contribution in [2.45, 2.75) is 31.8 Å². The number of hydrogen-bond acceptors (Lipinski definition) is 3. The molecule has 1 aliphatic rings. The van der Waals surface area contributed by atoms with Gasteiger partial charge in [0.15, 0.2) is 0 Å². The van der Waals surface area contributed by atoms with Crippen LogP contribution in [0.2, 0.25) is 0 Å². The maximum atomic E-state index is 11.9. The molecular formula is C15H18N2O2. The van der Waals surface area contributed by atoms with E-state index >= 15 is 0 Å². The van der Waals surface area contributed by atoms with E-state index in [4.69, 9.17) is 10.00 Å². The van der Waals surface area contributed by atoms with Crippen molar-refractivity contribution < 1.29 is 9.53 Å². The minimum absolute atomic E-state index is 0.132. The van der Waals surface area contributed by atoms with Crippen molar-refractivity contribution in [2.24, 2.45) is 0 Å². The molecule has 1 aromatic rings. The molecule has 1 N–H and O–H groups in total. The van der Waals surface area contributed by atoms with Gasteiger partial charge in [-0.1, -0.05) is 6.07 Å². The number of nitrogens with zero attached hydrogens (tertiary/aromatic N) is 1. The topological polar surface area (TPSA) is 62.1 Å². The third kappa shape index (κ3) is 4.08. The normalized spacial score (nSPS) is 18.6. The van der Waals surface area contributed by atoms with Crippen LogP contribution in [0.5, 0.6) is 0 Å². The average molecular weight is 258 g/mol. The molecule has 19 heavy (non-hydrogen) atoms. The van der Waals surface area contributed by atoms with E-state index in [1.165, 1.54) is 6.42 Å². The van der Waals surface area contributed by atoms with Gasteiger partial charge in [-0.15, -0.1) is 0 Å². The van der Waals surface area contributed by atoms with Gasteiger partial charge in [0.05, 0.1) is 17.7 Å². The number of amides is 1. The average Bonchev–Trinajstić information content (AvgIpc) is 2.48. The van der Waals surface area contributed by atoms with Crippen molar-refractivity contribution in [3.63, 3.8) is 0 Å². The van der Waals surface area contributed by atoms with Crippen molar-refractivity contribution in [1.82, 2.24) is 5.32 Å². The van der Waals surface area contributed by atoms with Gasteiger partial charge >= 0.3 is 0 Å². The van der Waals surface area contributed by atoms with Crippen LogP contribution in [0, 0.1) is 11.3 Å². The van der Waals surface area contributed by atoms with E-state index in [9.17, 15) is 4.79 Å². The van der Waals surface area contributed by atoms with Gasteiger partial charge in [-0.05, 0) is 43.9 Å². The van der Waals surface area contributed by atoms with Crippen molar-refractivity contribution in [3.05, 3.63) is 35.4 Å². The zero-order valence-electron chi connectivity index (χ0n) is 10.9. The predicted octanol–water partition coefficient (Wildman–Crippen LogP) is 2.25. The van der Waals surface area contributed by atoms with Gasteiger partial charge in [0.25, 0.3) is 5.91 Å². The van der Waals surface area contributed by atoms with Crippen LogP contribution >= 0.6 is 0 Å². The number of rotatable bonds is 4. The van der Waals surface area contributed by atoms with Crippen LogP contribution in [0.3, 0.4) is 0 Å². The van der Waals surface area contributed by atoms with Crippen molar-refractivity contribution >= 4 is 5.91 Å². The fraction of sp³-hybridized carbons (Fsp3) is 0.467. The Morgan fingerprint density at radius 2 is 2.37 bits per heavy atom. The van der Waals surface area contributed by atoms with Gasteiger partial charge in [-0.25, -0.2) is 0 Å². The van der Waals surface area contributed by atoms with Crippen LogP contribution in [-0.2, 0) is 4.74 Å². The Labute approximate surface area is 113 Å². The number of hydrogen-bond donors (Lipinski definition) is 1. The molecule has 1 unspecified atom stereocenters. The molecule has 4 nitrogen and oxygen atoms in total. The summed E-state index contributed by atoms with van der Waals surface area (Å²) < 4.78 is 5.61. The first kappa shape index (κ1) is 13.6. The fourth-order valence-electron chi connectivity index (χ4n) is 2.21. The van der Waals surface area contributed by atoms with Crippen LogP contribution in [0.1, 0.15) is 41.6 Å². The molecule has 0 bridgehead atoms. The highest BCUT2D eigenvalue weighted by Crippen LogP contribution is 2.14. The summed E-state index contributed by atoms with van der Waals surface area (Å²) in [6, 6.07) is 8.76. The molecule has 2 rings (SSSR count). The minimum Gasteiger partial charge on any atom is -0.378 e. The molecular weight excluding hydrogens is 240 g/mol. The SMILES string of the molecule is N#Cc1cccc(C(=O)NCCC2CCCCO2)c1. The Hall–Kier alpha value is -1.86. The van der Waals surface area contributed by atoms with Gasteiger partial charge in [-0.2, -0.15) is 5.26 Å². The maximum absolute atomic E-state index is 11.9. The first-order chi connectivity index (χ1) is 9.29. The van der Waals surface area contributed by atoms with Gasteiger partial charge in [0, 0.05) is 18.7 Å². The highest BCUT2D eigenvalue weighted by atomic mass is 16.5. The summed E-state index contributed by atoms with van der Waals surface area (Å²) in [5.74, 6) is -0.132. The summed E-state index contributed by atoms with van der Waals surface area (Å²) in [6.07, 6.45) is 4.57. The van der Waals surface area contributed by atoms with E-state index in [0.29, 0.717) is 17.7 Å². The maximum Gasteiger partial charge on any atom is 0.251 e. The van der Waals surface area contributed by atoms with Crippen LogP contribution in [0.25, 0.3) is 0 Å². The molecule has 4 heteroatoms. The second-order valence-corrected chi connectivity index (χ2v) is 4.73. The lowest BCUT2D eigenvalue weighted by Gasteiger charge is -2.22. The molecule has 1 atom stereocenters. The predicted molar refractivity (Wildman–Crippen MR) is 71.7 cm³/mol. The van der Waals surface area contributed by atoms with Gasteiger partial charge in [0.2, 0.25) is 0 Å². The van der Waals surface area contributed by atoms with Gasteiger partial charge < -0.3 is 10.1 Å². The molecule has 0 spiro atoms. The highest BCUT2D eigenvalue weighted by Gasteiger charge is 2.14. The minimum atomic E-state index is -0.132. The number of nitriles is 1. The number of ether oxygens (including phenoxy) is 1. The van der Waals surface area contributed by atoms with Gasteiger partial charge in [0.1, 0.15) is 0 Å². The first-order valence-electron chi connectivity index (χ1n) is 6.69. The second-order valence-electron chi connectivity index (χ2n) is 4.73. The van der Waals surface area contributed by atoms with Crippen molar-refractivity contribution in [1.29, 1.82) is 5.26 Å². The molecule has 1 aliphatic heterocycles. The molecule has 1 fully saturated rings. The lowest BCUT2D eigenvalue weighted by Crippen LogP contribution is -2.29. The third-order valence-electron chi connectivity index (χ3n) is 3.28. The van der Waals surface area contributed by atoms with Crippen LogP contribution in [0.15, 0.2) is 24.3 Å². The number of carbonyl (C=O) groups excluding carboxylic acids is 1. The molecule has 0 aromatic heterocycles. The summed E-state index contributed by atoms with van der Waals surface area (Å²) in [4.78, 5) is 11.9. The van der Waals surface area contributed by atoms with E-state index in [2.05, 4.69) is 5.32 Å². The van der Waals surface area contributed by atoms with E-state index in [0.717, 1.165) is 25.9 Å². The van der Waals surface area contributed by atoms with E-state index < -0.39 is 0 Å². The van der Waals surface area contributed by atoms with E-state index in [1.807, 2.05) is 6.07 Å². The van der Waals surface area contributed by atoms with Gasteiger partial charge in [-0.3, -0.25) is 4.79 Å². The smallest absolute Gasteiger partial charge is 0.251 e. The molecule has 1 heterocycles. The Balaban J connectivity index is 1.79. The largest absolute Gasteiger partial charge is 0.378 e. The summed E-state index contributed by atoms with van der Waals surface area (Å²) in [7, 11) is 0. The highest BCUT2D eigenvalue weighted by molar-refractivity contribution is 5.94. The zero-order chi connectivity index (χ0) is 13.5. The lowest BCUT2D eigenvalue weighted by atomic mass is 10.1. The monoisotopic (exact) mass is 258 g/mol. The lowest BCUT2D eigenvalue weighted by molar-refractivity contribution is 0.0117. The van der Waals surface area contributed by atoms with Crippen LogP contribution in [-0.4, -0.2) is 25.2 Å². The second kappa shape index (κ2) is 6.91. The van der Waals surface area contributed by atoms with Crippen LogP contribution < -0.4 is 5.32 Å². The number of carbonyl (C=O) groups is 1. The number of nitrogens with one attached hydrogen (secondary N) is 1. The number of benzene rings is 1. The first-order valence-corrected chi connectivity index (χ1v) is 6.69. The molecule has 1 aromatic carbocycles. The zero-order valence-corrected chi connectivity index (χ0v) is 10.9. The quantitative estimate of drug-likeness (QED) is 0.901. The molecule has 1 saturated heterocycles. The Morgan fingerprint density at radius 3 is 3.11 bits per heavy atom. The van der Waals surface area contributed by atoms with E-state index in [1.54, 1.807) is 24.3 Å². The molecule has 0 radical (unpaired) electrons. The Kier molecular flexibility index (Phi) is 4.93. The van der Waals surface area contributed by atoms with Crippen molar-refractivity contribution in [2.75, 3.05) is 13.2 Å². The summed E-state index contributed by atoms with van der Waals surface area (Å²) in [5.41, 5.74) is 1.03. The molecule has 100 valence electrons. The molecule has 0 aliphatic carbocycles. The standard InChI is InChI=1S/C15H18N2O2/c16-11-12-4-3-5-13(10-12)15(18)17-8-7-14-6-1-2-9-19-14/h3-5,10,14H,1-2,6-9H2,(H,17,18). The van der Waals surface area contributed by atoms with Crippen LogP contribution in [0.4, 0.5) is 0 Å². The summed E-state index contributed by atoms with van der Waals surface area (Å²) in [5, 5.41) is 11.7. The van der Waals surface area contributed by atoms with Crippen molar-refractivity contribution in [3.8, 4) is 6.07 Å². The Bertz CT molecular complexity index is 473. The molecule has 0 saturated carbocycles.